The second-order valence-corrected chi connectivity index (χ2v) is 5.34. The molecule has 0 atom stereocenters. The molecule has 4 heteroatoms. The van der Waals surface area contributed by atoms with E-state index in [1.807, 2.05) is 45.0 Å². The highest BCUT2D eigenvalue weighted by Crippen LogP contribution is 2.09. The van der Waals surface area contributed by atoms with E-state index in [9.17, 15) is 9.59 Å². The van der Waals surface area contributed by atoms with Gasteiger partial charge in [-0.25, -0.2) is 0 Å². The molecule has 0 spiro atoms. The smallest absolute Gasteiger partial charge is 0.303 e. The molecule has 0 fully saturated rings. The average molecular weight is 277 g/mol. The highest BCUT2D eigenvalue weighted by molar-refractivity contribution is 5.79. The molecule has 0 aromatic heterocycles. The van der Waals surface area contributed by atoms with Crippen molar-refractivity contribution in [1.82, 2.24) is 4.90 Å². The minimum atomic E-state index is -0.820. The van der Waals surface area contributed by atoms with Crippen LogP contribution in [0.4, 0.5) is 0 Å². The van der Waals surface area contributed by atoms with E-state index in [2.05, 4.69) is 0 Å². The first kappa shape index (κ1) is 16.2. The minimum Gasteiger partial charge on any atom is -0.481 e. The van der Waals surface area contributed by atoms with E-state index in [1.54, 1.807) is 4.90 Å². The van der Waals surface area contributed by atoms with Crippen molar-refractivity contribution in [1.29, 1.82) is 0 Å². The second-order valence-electron chi connectivity index (χ2n) is 5.34. The Morgan fingerprint density at radius 3 is 2.55 bits per heavy atom. The molecule has 0 aliphatic heterocycles. The van der Waals surface area contributed by atoms with Crippen LogP contribution in [0.3, 0.4) is 0 Å². The average Bonchev–Trinajstić information content (AvgIpc) is 2.33. The highest BCUT2D eigenvalue weighted by Gasteiger charge is 2.17. The summed E-state index contributed by atoms with van der Waals surface area (Å²) in [6.07, 6.45) is 0.959. The summed E-state index contributed by atoms with van der Waals surface area (Å²) in [6, 6.07) is 7.98. The monoisotopic (exact) mass is 277 g/mol. The van der Waals surface area contributed by atoms with E-state index in [1.165, 1.54) is 0 Å². The summed E-state index contributed by atoms with van der Waals surface area (Å²) in [5.41, 5.74) is 2.14. The molecule has 20 heavy (non-hydrogen) atoms. The maximum absolute atomic E-state index is 12.3. The molecule has 1 amide bonds. The van der Waals surface area contributed by atoms with Crippen LogP contribution in [0.2, 0.25) is 0 Å². The van der Waals surface area contributed by atoms with Gasteiger partial charge in [-0.1, -0.05) is 29.8 Å². The van der Waals surface area contributed by atoms with Crippen molar-refractivity contribution in [3.63, 3.8) is 0 Å². The molecular weight excluding hydrogens is 254 g/mol. The lowest BCUT2D eigenvalue weighted by molar-refractivity contribution is -0.138. The number of nitrogens with zero attached hydrogens (tertiary/aromatic N) is 1. The lowest BCUT2D eigenvalue weighted by atomic mass is 10.1. The molecule has 0 aliphatic rings. The van der Waals surface area contributed by atoms with E-state index in [-0.39, 0.29) is 18.4 Å². The van der Waals surface area contributed by atoms with Crippen LogP contribution in [0.15, 0.2) is 24.3 Å². The summed E-state index contributed by atoms with van der Waals surface area (Å²) < 4.78 is 0. The Balaban J connectivity index is 2.62. The molecule has 0 radical (unpaired) electrons. The van der Waals surface area contributed by atoms with Crippen LogP contribution < -0.4 is 0 Å². The topological polar surface area (TPSA) is 57.6 Å². The fraction of sp³-hybridized carbons (Fsp3) is 0.500. The van der Waals surface area contributed by atoms with Crippen molar-refractivity contribution >= 4 is 11.9 Å². The van der Waals surface area contributed by atoms with Gasteiger partial charge in [0.1, 0.15) is 0 Å². The number of hydrogen-bond acceptors (Lipinski definition) is 2. The maximum Gasteiger partial charge on any atom is 0.303 e. The Bertz CT molecular complexity index is 469. The van der Waals surface area contributed by atoms with Gasteiger partial charge < -0.3 is 10.0 Å². The van der Waals surface area contributed by atoms with Crippen molar-refractivity contribution in [3.05, 3.63) is 35.4 Å². The number of rotatable bonds is 7. The van der Waals surface area contributed by atoms with Gasteiger partial charge in [-0.05, 0) is 32.8 Å². The fourth-order valence-corrected chi connectivity index (χ4v) is 2.17. The fourth-order valence-electron chi connectivity index (χ4n) is 2.17. The van der Waals surface area contributed by atoms with Gasteiger partial charge in [-0.15, -0.1) is 0 Å². The first-order valence-electron chi connectivity index (χ1n) is 6.97. The third-order valence-corrected chi connectivity index (χ3v) is 3.17. The number of benzene rings is 1. The van der Waals surface area contributed by atoms with Crippen molar-refractivity contribution in [2.45, 2.75) is 46.1 Å². The summed E-state index contributed by atoms with van der Waals surface area (Å²) in [4.78, 5) is 24.6. The quantitative estimate of drug-likeness (QED) is 0.833. The van der Waals surface area contributed by atoms with Crippen LogP contribution in [0.5, 0.6) is 0 Å². The third kappa shape index (κ3) is 5.43. The van der Waals surface area contributed by atoms with Crippen molar-refractivity contribution in [2.75, 3.05) is 6.54 Å². The SMILES string of the molecule is Cc1cccc(CC(=O)N(CCCC(=O)O)C(C)C)c1. The zero-order valence-electron chi connectivity index (χ0n) is 12.4. The molecule has 1 N–H and O–H groups in total. The van der Waals surface area contributed by atoms with Crippen LogP contribution in [0, 0.1) is 6.92 Å². The molecule has 0 unspecified atom stereocenters. The van der Waals surface area contributed by atoms with E-state index < -0.39 is 5.97 Å². The Hall–Kier alpha value is -1.84. The van der Waals surface area contributed by atoms with Crippen molar-refractivity contribution in [2.24, 2.45) is 0 Å². The Morgan fingerprint density at radius 2 is 2.00 bits per heavy atom. The van der Waals surface area contributed by atoms with E-state index in [0.29, 0.717) is 19.4 Å². The molecule has 4 nitrogen and oxygen atoms in total. The molecule has 1 aromatic rings. The van der Waals surface area contributed by atoms with E-state index >= 15 is 0 Å². The lowest BCUT2D eigenvalue weighted by Gasteiger charge is -2.26. The predicted octanol–water partition coefficient (Wildman–Crippen LogP) is 2.64. The number of carbonyl (C=O) groups is 2. The normalized spacial score (nSPS) is 10.6. The van der Waals surface area contributed by atoms with Gasteiger partial charge in [0.15, 0.2) is 0 Å². The highest BCUT2D eigenvalue weighted by atomic mass is 16.4. The van der Waals surface area contributed by atoms with Crippen LogP contribution in [-0.4, -0.2) is 34.5 Å². The summed E-state index contributed by atoms with van der Waals surface area (Å²) in [7, 11) is 0. The van der Waals surface area contributed by atoms with Gasteiger partial charge in [0.25, 0.3) is 0 Å². The van der Waals surface area contributed by atoms with Crippen LogP contribution in [-0.2, 0) is 16.0 Å². The molecule has 1 rings (SSSR count). The van der Waals surface area contributed by atoms with Gasteiger partial charge >= 0.3 is 5.97 Å². The number of carbonyl (C=O) groups excluding carboxylic acids is 1. The number of amides is 1. The first-order valence-corrected chi connectivity index (χ1v) is 6.97. The van der Waals surface area contributed by atoms with Gasteiger partial charge in [0, 0.05) is 19.0 Å². The standard InChI is InChI=1S/C16H23NO3/c1-12(2)17(9-5-8-16(19)20)15(18)11-14-7-4-6-13(3)10-14/h4,6-7,10,12H,5,8-9,11H2,1-3H3,(H,19,20). The second kappa shape index (κ2) is 7.68. The van der Waals surface area contributed by atoms with Gasteiger partial charge in [0.05, 0.1) is 6.42 Å². The molecule has 0 saturated carbocycles. The Morgan fingerprint density at radius 1 is 1.30 bits per heavy atom. The van der Waals surface area contributed by atoms with Crippen LogP contribution >= 0.6 is 0 Å². The number of hydrogen-bond donors (Lipinski definition) is 1. The lowest BCUT2D eigenvalue weighted by Crippen LogP contribution is -2.38. The number of aryl methyl sites for hydroxylation is 1. The summed E-state index contributed by atoms with van der Waals surface area (Å²) >= 11 is 0. The molecule has 110 valence electrons. The predicted molar refractivity (Wildman–Crippen MR) is 78.6 cm³/mol. The van der Waals surface area contributed by atoms with Gasteiger partial charge in [-0.3, -0.25) is 9.59 Å². The molecule has 0 aliphatic carbocycles. The third-order valence-electron chi connectivity index (χ3n) is 3.17. The largest absolute Gasteiger partial charge is 0.481 e. The summed E-state index contributed by atoms with van der Waals surface area (Å²) in [5, 5.41) is 8.67. The molecule has 0 saturated heterocycles. The Labute approximate surface area is 120 Å². The summed E-state index contributed by atoms with van der Waals surface area (Å²) in [6.45, 7) is 6.40. The maximum atomic E-state index is 12.3. The summed E-state index contributed by atoms with van der Waals surface area (Å²) in [5.74, 6) is -0.768. The molecule has 0 bridgehead atoms. The van der Waals surface area contributed by atoms with Crippen molar-refractivity contribution < 1.29 is 14.7 Å². The first-order chi connectivity index (χ1) is 9.40. The van der Waals surface area contributed by atoms with E-state index in [0.717, 1.165) is 11.1 Å². The van der Waals surface area contributed by atoms with E-state index in [4.69, 9.17) is 5.11 Å². The molecule has 1 aromatic carbocycles. The molecule has 0 heterocycles. The van der Waals surface area contributed by atoms with Gasteiger partial charge in [0.2, 0.25) is 5.91 Å². The minimum absolute atomic E-state index is 0.0518. The zero-order valence-corrected chi connectivity index (χ0v) is 12.4. The number of carboxylic acids is 1. The van der Waals surface area contributed by atoms with Crippen LogP contribution in [0.1, 0.15) is 37.8 Å². The van der Waals surface area contributed by atoms with Crippen molar-refractivity contribution in [3.8, 4) is 0 Å². The van der Waals surface area contributed by atoms with Gasteiger partial charge in [-0.2, -0.15) is 0 Å². The molecular formula is C16H23NO3. The Kier molecular flexibility index (Phi) is 6.22. The number of aliphatic carboxylic acids is 1. The zero-order chi connectivity index (χ0) is 15.1. The number of carboxylic acid groups (broad SMARTS) is 1. The van der Waals surface area contributed by atoms with Crippen LogP contribution in [0.25, 0.3) is 0 Å².